The lowest BCUT2D eigenvalue weighted by atomic mass is 10.2. The van der Waals surface area contributed by atoms with Crippen molar-refractivity contribution in [3.63, 3.8) is 0 Å². The topological polar surface area (TPSA) is 74.0 Å². The normalized spacial score (nSPS) is 11.6. The molecule has 8 heteroatoms. The number of rotatable bonds is 4. The second-order valence-corrected chi connectivity index (χ2v) is 6.59. The van der Waals surface area contributed by atoms with Crippen molar-refractivity contribution in [3.8, 4) is 17.3 Å². The highest BCUT2D eigenvalue weighted by atomic mass is 35.5. The lowest BCUT2D eigenvalue weighted by molar-refractivity contribution is 0.573. The van der Waals surface area contributed by atoms with Crippen LogP contribution in [0.4, 0.5) is 0 Å². The van der Waals surface area contributed by atoms with Gasteiger partial charge >= 0.3 is 0 Å². The van der Waals surface area contributed by atoms with Crippen molar-refractivity contribution in [2.75, 3.05) is 0 Å². The first-order chi connectivity index (χ1) is 13.0. The summed E-state index contributed by atoms with van der Waals surface area (Å²) in [5, 5.41) is 17.9. The van der Waals surface area contributed by atoms with E-state index in [1.54, 1.807) is 15.6 Å². The molecule has 0 bridgehead atoms. The first-order valence-electron chi connectivity index (χ1n) is 8.37. The molecule has 0 aliphatic carbocycles. The quantitative estimate of drug-likeness (QED) is 0.498. The largest absolute Gasteiger partial charge is 0.455 e. The van der Waals surface area contributed by atoms with Crippen LogP contribution < -0.4 is 0 Å². The van der Waals surface area contributed by atoms with Gasteiger partial charge in [-0.25, -0.2) is 4.68 Å². The maximum Gasteiger partial charge on any atom is 0.273 e. The van der Waals surface area contributed by atoms with Gasteiger partial charge in [0, 0.05) is 16.3 Å². The second-order valence-electron chi connectivity index (χ2n) is 6.15. The molecule has 1 aromatic carbocycles. The molecule has 27 heavy (non-hydrogen) atoms. The fourth-order valence-electron chi connectivity index (χ4n) is 2.78. The van der Waals surface area contributed by atoms with E-state index in [0.29, 0.717) is 22.6 Å². The zero-order valence-corrected chi connectivity index (χ0v) is 15.8. The number of benzene rings is 1. The molecule has 3 aromatic heterocycles. The molecule has 0 amide bonds. The minimum absolute atomic E-state index is 0.524. The summed E-state index contributed by atoms with van der Waals surface area (Å²) in [5.74, 6) is 2.50. The molecule has 4 aromatic rings. The van der Waals surface area contributed by atoms with Crippen LogP contribution >= 0.6 is 11.6 Å². The van der Waals surface area contributed by atoms with E-state index in [9.17, 15) is 0 Å². The van der Waals surface area contributed by atoms with Crippen LogP contribution in [0.3, 0.4) is 0 Å². The van der Waals surface area contributed by atoms with Crippen molar-refractivity contribution in [2.24, 2.45) is 5.10 Å². The van der Waals surface area contributed by atoms with Gasteiger partial charge in [0.2, 0.25) is 0 Å². The molecular weight excluding hydrogens is 364 g/mol. The molecule has 4 rings (SSSR count). The highest BCUT2D eigenvalue weighted by Crippen LogP contribution is 2.24. The van der Waals surface area contributed by atoms with E-state index in [4.69, 9.17) is 16.0 Å². The van der Waals surface area contributed by atoms with Crippen molar-refractivity contribution in [1.82, 2.24) is 24.7 Å². The molecule has 3 heterocycles. The van der Waals surface area contributed by atoms with Gasteiger partial charge in [-0.15, -0.1) is 10.2 Å². The molecule has 136 valence electrons. The molecule has 0 atom stereocenters. The number of halogens is 1. The van der Waals surface area contributed by atoms with Gasteiger partial charge in [0.05, 0.1) is 11.9 Å². The first-order valence-corrected chi connectivity index (χ1v) is 8.75. The van der Waals surface area contributed by atoms with Gasteiger partial charge in [-0.1, -0.05) is 23.7 Å². The standard InChI is InChI=1S/C19H17ClN6O/c1-12-9-13(2)25(24-12)19-23-22-14(3)26(19)21-11-17-7-8-18(27-17)15-5-4-6-16(20)10-15/h4-11H,1-3H3. The van der Waals surface area contributed by atoms with Gasteiger partial charge in [-0.2, -0.15) is 14.9 Å². The summed E-state index contributed by atoms with van der Waals surface area (Å²) in [4.78, 5) is 0. The Labute approximate surface area is 160 Å². The van der Waals surface area contributed by atoms with E-state index in [-0.39, 0.29) is 0 Å². The molecule has 0 unspecified atom stereocenters. The summed E-state index contributed by atoms with van der Waals surface area (Å²) in [5.41, 5.74) is 2.77. The highest BCUT2D eigenvalue weighted by Gasteiger charge is 2.13. The van der Waals surface area contributed by atoms with Crippen molar-refractivity contribution >= 4 is 17.8 Å². The molecule has 0 saturated heterocycles. The Kier molecular flexibility index (Phi) is 4.37. The predicted octanol–water partition coefficient (Wildman–Crippen LogP) is 4.18. The number of nitrogens with zero attached hydrogens (tertiary/aromatic N) is 6. The molecule has 0 N–H and O–H groups in total. The fourth-order valence-corrected chi connectivity index (χ4v) is 2.97. The van der Waals surface area contributed by atoms with Gasteiger partial charge in [-0.3, -0.25) is 0 Å². The van der Waals surface area contributed by atoms with E-state index in [0.717, 1.165) is 22.7 Å². The average molecular weight is 381 g/mol. The van der Waals surface area contributed by atoms with Crippen LogP contribution in [0.25, 0.3) is 17.3 Å². The van der Waals surface area contributed by atoms with Crippen LogP contribution in [0.1, 0.15) is 23.0 Å². The molecule has 0 radical (unpaired) electrons. The van der Waals surface area contributed by atoms with E-state index in [1.165, 1.54) is 0 Å². The summed E-state index contributed by atoms with van der Waals surface area (Å²) in [6, 6.07) is 13.2. The van der Waals surface area contributed by atoms with Crippen molar-refractivity contribution < 1.29 is 4.42 Å². The van der Waals surface area contributed by atoms with E-state index >= 15 is 0 Å². The van der Waals surface area contributed by atoms with Crippen LogP contribution in [-0.4, -0.2) is 30.9 Å². The molecular formula is C19H17ClN6O. The summed E-state index contributed by atoms with van der Waals surface area (Å²) in [7, 11) is 0. The maximum absolute atomic E-state index is 6.04. The second kappa shape index (κ2) is 6.85. The predicted molar refractivity (Wildman–Crippen MR) is 104 cm³/mol. The molecule has 0 aliphatic heterocycles. The third kappa shape index (κ3) is 3.41. The number of hydrogen-bond donors (Lipinski definition) is 0. The summed E-state index contributed by atoms with van der Waals surface area (Å²) in [6.45, 7) is 5.72. The third-order valence-electron chi connectivity index (χ3n) is 4.02. The Morgan fingerprint density at radius 2 is 1.93 bits per heavy atom. The van der Waals surface area contributed by atoms with E-state index in [1.807, 2.05) is 63.2 Å². The Morgan fingerprint density at radius 1 is 1.07 bits per heavy atom. The Bertz CT molecular complexity index is 1140. The number of furan rings is 1. The Morgan fingerprint density at radius 3 is 2.67 bits per heavy atom. The lowest BCUT2D eigenvalue weighted by Gasteiger charge is -2.03. The summed E-state index contributed by atoms with van der Waals surface area (Å²) >= 11 is 6.04. The number of aromatic nitrogens is 5. The fraction of sp³-hybridized carbons (Fsp3) is 0.158. The van der Waals surface area contributed by atoms with Crippen LogP contribution in [-0.2, 0) is 0 Å². The average Bonchev–Trinajstić information content (AvgIpc) is 3.32. The van der Waals surface area contributed by atoms with Crippen molar-refractivity contribution in [3.05, 3.63) is 70.5 Å². The molecule has 0 spiro atoms. The van der Waals surface area contributed by atoms with Crippen LogP contribution in [0.15, 0.2) is 52.0 Å². The third-order valence-corrected chi connectivity index (χ3v) is 4.25. The molecule has 0 aliphatic rings. The maximum atomic E-state index is 6.04. The zero-order chi connectivity index (χ0) is 19.0. The van der Waals surface area contributed by atoms with Crippen molar-refractivity contribution in [2.45, 2.75) is 20.8 Å². The Hall–Kier alpha value is -3.19. The van der Waals surface area contributed by atoms with Gasteiger partial charge < -0.3 is 4.42 Å². The van der Waals surface area contributed by atoms with E-state index < -0.39 is 0 Å². The van der Waals surface area contributed by atoms with Gasteiger partial charge in [-0.05, 0) is 51.1 Å². The summed E-state index contributed by atoms with van der Waals surface area (Å²) < 4.78 is 9.19. The molecule has 0 fully saturated rings. The van der Waals surface area contributed by atoms with E-state index in [2.05, 4.69) is 20.4 Å². The van der Waals surface area contributed by atoms with Gasteiger partial charge in [0.15, 0.2) is 5.82 Å². The molecule has 7 nitrogen and oxygen atoms in total. The van der Waals surface area contributed by atoms with Crippen LogP contribution in [0.5, 0.6) is 0 Å². The molecule has 0 saturated carbocycles. The minimum Gasteiger partial charge on any atom is -0.455 e. The van der Waals surface area contributed by atoms with Gasteiger partial charge in [0.1, 0.15) is 11.5 Å². The van der Waals surface area contributed by atoms with Crippen LogP contribution in [0.2, 0.25) is 5.02 Å². The SMILES string of the molecule is Cc1cc(C)n(-c2nnc(C)n2N=Cc2ccc(-c3cccc(Cl)c3)o2)n1. The zero-order valence-electron chi connectivity index (χ0n) is 15.1. The first kappa shape index (κ1) is 17.2. The number of hydrogen-bond acceptors (Lipinski definition) is 5. The van der Waals surface area contributed by atoms with Gasteiger partial charge in [0.25, 0.3) is 5.95 Å². The lowest BCUT2D eigenvalue weighted by Crippen LogP contribution is -2.07. The highest BCUT2D eigenvalue weighted by molar-refractivity contribution is 6.30. The van der Waals surface area contributed by atoms with Crippen molar-refractivity contribution in [1.29, 1.82) is 0 Å². The smallest absolute Gasteiger partial charge is 0.273 e. The summed E-state index contributed by atoms with van der Waals surface area (Å²) in [6.07, 6.45) is 1.62. The Balaban J connectivity index is 1.65. The number of aryl methyl sites for hydroxylation is 3. The monoisotopic (exact) mass is 380 g/mol. The minimum atomic E-state index is 0.524. The van der Waals surface area contributed by atoms with Crippen LogP contribution in [0, 0.1) is 20.8 Å².